The minimum atomic E-state index is -5.08. The van der Waals surface area contributed by atoms with Crippen LogP contribution in [0.15, 0.2) is 24.4 Å². The highest BCUT2D eigenvalue weighted by atomic mass is 19.4. The van der Waals surface area contributed by atoms with E-state index in [1.54, 1.807) is 0 Å². The largest absolute Gasteiger partial charge is 0.490 e. The maximum absolute atomic E-state index is 11.9. The Labute approximate surface area is 161 Å². The Hall–Kier alpha value is -2.56. The van der Waals surface area contributed by atoms with Gasteiger partial charge in [-0.1, -0.05) is 6.07 Å². The number of anilines is 1. The van der Waals surface area contributed by atoms with Crippen LogP contribution < -0.4 is 21.3 Å². The molecule has 158 valence electrons. The lowest BCUT2D eigenvalue weighted by Gasteiger charge is -2.34. The standard InChI is InChI=1S/C15H25N5O.C2HF3O2/c1-15(2,11-16)19-14(21)18-12-6-9-20(10-7-12)13-5-3-4-8-17-13;3-2(4,5)1(6)7/h3-5,8,12H,6-7,9-11,16H2,1-2H3,(H2,18,19,21);(H,6,7). The molecule has 0 unspecified atom stereocenters. The Balaban J connectivity index is 0.000000480. The first-order chi connectivity index (χ1) is 12.9. The van der Waals surface area contributed by atoms with Gasteiger partial charge in [0.25, 0.3) is 0 Å². The van der Waals surface area contributed by atoms with Crippen molar-refractivity contribution in [2.75, 3.05) is 24.5 Å². The number of pyridine rings is 1. The predicted molar refractivity (Wildman–Crippen MR) is 98.0 cm³/mol. The zero-order valence-electron chi connectivity index (χ0n) is 15.8. The van der Waals surface area contributed by atoms with Crippen LogP contribution in [0.3, 0.4) is 0 Å². The van der Waals surface area contributed by atoms with Gasteiger partial charge in [0.05, 0.1) is 0 Å². The van der Waals surface area contributed by atoms with Crippen molar-refractivity contribution in [2.45, 2.75) is 44.4 Å². The van der Waals surface area contributed by atoms with E-state index in [2.05, 4.69) is 20.5 Å². The van der Waals surface area contributed by atoms with E-state index in [1.165, 1.54) is 0 Å². The highest BCUT2D eigenvalue weighted by Gasteiger charge is 2.38. The number of nitrogens with two attached hydrogens (primary N) is 1. The summed E-state index contributed by atoms with van der Waals surface area (Å²) in [4.78, 5) is 27.4. The van der Waals surface area contributed by atoms with Crippen LogP contribution in [-0.4, -0.2) is 59.5 Å². The number of piperidine rings is 1. The smallest absolute Gasteiger partial charge is 0.475 e. The fourth-order valence-corrected chi connectivity index (χ4v) is 2.37. The number of aliphatic carboxylic acids is 1. The number of carboxylic acid groups (broad SMARTS) is 1. The number of carbonyl (C=O) groups is 2. The molecule has 28 heavy (non-hydrogen) atoms. The number of urea groups is 1. The number of amides is 2. The summed E-state index contributed by atoms with van der Waals surface area (Å²) in [6.45, 7) is 6.05. The molecule has 0 atom stereocenters. The van der Waals surface area contributed by atoms with Gasteiger partial charge in [-0.05, 0) is 38.8 Å². The number of nitrogens with zero attached hydrogens (tertiary/aromatic N) is 2. The minimum Gasteiger partial charge on any atom is -0.475 e. The molecule has 0 bridgehead atoms. The molecule has 1 fully saturated rings. The number of hydrogen-bond acceptors (Lipinski definition) is 5. The summed E-state index contributed by atoms with van der Waals surface area (Å²) in [5.74, 6) is -1.75. The second-order valence-corrected chi connectivity index (χ2v) is 6.94. The van der Waals surface area contributed by atoms with Gasteiger partial charge < -0.3 is 26.4 Å². The van der Waals surface area contributed by atoms with Gasteiger partial charge in [-0.2, -0.15) is 13.2 Å². The van der Waals surface area contributed by atoms with Crippen LogP contribution in [0.1, 0.15) is 26.7 Å². The second kappa shape index (κ2) is 10.1. The van der Waals surface area contributed by atoms with Gasteiger partial charge >= 0.3 is 18.2 Å². The van der Waals surface area contributed by atoms with Crippen molar-refractivity contribution in [1.82, 2.24) is 15.6 Å². The molecule has 0 aliphatic carbocycles. The Bertz CT molecular complexity index is 633. The van der Waals surface area contributed by atoms with Crippen LogP contribution in [0.2, 0.25) is 0 Å². The monoisotopic (exact) mass is 405 g/mol. The van der Waals surface area contributed by atoms with Gasteiger partial charge in [-0.15, -0.1) is 0 Å². The lowest BCUT2D eigenvalue weighted by Crippen LogP contribution is -2.55. The van der Waals surface area contributed by atoms with Crippen molar-refractivity contribution < 1.29 is 27.9 Å². The van der Waals surface area contributed by atoms with Gasteiger partial charge in [-0.3, -0.25) is 0 Å². The summed E-state index contributed by atoms with van der Waals surface area (Å²) in [6, 6.07) is 6.00. The lowest BCUT2D eigenvalue weighted by molar-refractivity contribution is -0.192. The maximum Gasteiger partial charge on any atom is 0.490 e. The second-order valence-electron chi connectivity index (χ2n) is 6.94. The zero-order chi connectivity index (χ0) is 21.4. The Morgan fingerprint density at radius 1 is 1.29 bits per heavy atom. The van der Waals surface area contributed by atoms with Gasteiger partial charge in [0.2, 0.25) is 0 Å². The van der Waals surface area contributed by atoms with E-state index >= 15 is 0 Å². The minimum absolute atomic E-state index is 0.137. The lowest BCUT2D eigenvalue weighted by atomic mass is 10.0. The molecule has 8 nitrogen and oxygen atoms in total. The highest BCUT2D eigenvalue weighted by Crippen LogP contribution is 2.17. The van der Waals surface area contributed by atoms with Crippen molar-refractivity contribution in [3.05, 3.63) is 24.4 Å². The molecule has 11 heteroatoms. The van der Waals surface area contributed by atoms with Crippen LogP contribution >= 0.6 is 0 Å². The third kappa shape index (κ3) is 8.42. The molecule has 2 rings (SSSR count). The summed E-state index contributed by atoms with van der Waals surface area (Å²) >= 11 is 0. The van der Waals surface area contributed by atoms with Crippen LogP contribution in [0, 0.1) is 0 Å². The number of aromatic nitrogens is 1. The van der Waals surface area contributed by atoms with Crippen molar-refractivity contribution in [2.24, 2.45) is 5.73 Å². The number of halogens is 3. The summed E-state index contributed by atoms with van der Waals surface area (Å²) in [5, 5.41) is 13.0. The molecular weight excluding hydrogens is 379 g/mol. The van der Waals surface area contributed by atoms with E-state index in [9.17, 15) is 18.0 Å². The Morgan fingerprint density at radius 2 is 1.86 bits per heavy atom. The maximum atomic E-state index is 11.9. The number of hydrogen-bond donors (Lipinski definition) is 4. The third-order valence-corrected chi connectivity index (χ3v) is 4.01. The molecule has 0 saturated carbocycles. The molecular formula is C17H26F3N5O3. The van der Waals surface area contributed by atoms with E-state index < -0.39 is 12.1 Å². The van der Waals surface area contributed by atoms with Crippen LogP contribution in [0.25, 0.3) is 0 Å². The fourth-order valence-electron chi connectivity index (χ4n) is 2.37. The normalized spacial score (nSPS) is 15.3. The quantitative estimate of drug-likeness (QED) is 0.605. The van der Waals surface area contributed by atoms with E-state index in [0.717, 1.165) is 31.7 Å². The first kappa shape index (κ1) is 23.5. The summed E-state index contributed by atoms with van der Waals surface area (Å²) in [5.41, 5.74) is 5.24. The van der Waals surface area contributed by atoms with Crippen LogP contribution in [0.5, 0.6) is 0 Å². The van der Waals surface area contributed by atoms with Crippen LogP contribution in [0.4, 0.5) is 23.8 Å². The average molecular weight is 405 g/mol. The molecule has 1 aliphatic rings. The number of carbonyl (C=O) groups excluding carboxylic acids is 1. The van der Waals surface area contributed by atoms with Gasteiger partial charge in [-0.25, -0.2) is 14.6 Å². The molecule has 5 N–H and O–H groups in total. The summed E-state index contributed by atoms with van der Waals surface area (Å²) < 4.78 is 31.7. The van der Waals surface area contributed by atoms with E-state index in [4.69, 9.17) is 15.6 Å². The molecule has 0 radical (unpaired) electrons. The molecule has 0 spiro atoms. The van der Waals surface area contributed by atoms with Crippen molar-refractivity contribution in [3.8, 4) is 0 Å². The van der Waals surface area contributed by atoms with Gasteiger partial charge in [0.15, 0.2) is 0 Å². The van der Waals surface area contributed by atoms with Crippen molar-refractivity contribution in [1.29, 1.82) is 0 Å². The number of nitrogens with one attached hydrogen (secondary N) is 2. The molecule has 1 aliphatic heterocycles. The zero-order valence-corrected chi connectivity index (χ0v) is 15.8. The SMILES string of the molecule is CC(C)(CN)NC(=O)NC1CCN(c2ccccn2)CC1.O=C(O)C(F)(F)F. The molecule has 1 saturated heterocycles. The highest BCUT2D eigenvalue weighted by molar-refractivity contribution is 5.75. The molecule has 0 aromatic carbocycles. The first-order valence-corrected chi connectivity index (χ1v) is 8.69. The number of rotatable bonds is 4. The van der Waals surface area contributed by atoms with E-state index in [0.29, 0.717) is 6.54 Å². The number of alkyl halides is 3. The average Bonchev–Trinajstić information content (AvgIpc) is 2.62. The topological polar surface area (TPSA) is 121 Å². The van der Waals surface area contributed by atoms with Crippen molar-refractivity contribution in [3.63, 3.8) is 0 Å². The molecule has 1 aromatic rings. The first-order valence-electron chi connectivity index (χ1n) is 8.69. The fraction of sp³-hybridized carbons (Fsp3) is 0.588. The molecule has 1 aromatic heterocycles. The number of carboxylic acids is 1. The predicted octanol–water partition coefficient (Wildman–Crippen LogP) is 1.72. The summed E-state index contributed by atoms with van der Waals surface area (Å²) in [6.07, 6.45) is -1.43. The van der Waals surface area contributed by atoms with Gasteiger partial charge in [0, 0.05) is 37.4 Å². The van der Waals surface area contributed by atoms with Crippen LogP contribution in [-0.2, 0) is 4.79 Å². The van der Waals surface area contributed by atoms with E-state index in [-0.39, 0.29) is 17.6 Å². The Kier molecular flexibility index (Phi) is 8.48. The summed E-state index contributed by atoms with van der Waals surface area (Å²) in [7, 11) is 0. The van der Waals surface area contributed by atoms with Gasteiger partial charge in [0.1, 0.15) is 5.82 Å². The Morgan fingerprint density at radius 3 is 2.29 bits per heavy atom. The van der Waals surface area contributed by atoms with Crippen molar-refractivity contribution >= 4 is 17.8 Å². The third-order valence-electron chi connectivity index (χ3n) is 4.01. The molecule has 2 amide bonds. The van der Waals surface area contributed by atoms with E-state index in [1.807, 2.05) is 38.2 Å². The molecule has 2 heterocycles.